The topological polar surface area (TPSA) is 58.6 Å². The van der Waals surface area contributed by atoms with Gasteiger partial charge in [-0.05, 0) is 24.1 Å². The van der Waals surface area contributed by atoms with Crippen LogP contribution in [0.5, 0.6) is 0 Å². The van der Waals surface area contributed by atoms with Crippen molar-refractivity contribution in [2.75, 3.05) is 19.7 Å². The molecular formula is C15H17ClN2O3. The molecule has 0 radical (unpaired) electrons. The van der Waals surface area contributed by atoms with Crippen molar-refractivity contribution in [2.45, 2.75) is 25.0 Å². The molecule has 21 heavy (non-hydrogen) atoms. The van der Waals surface area contributed by atoms with Crippen LogP contribution in [0.4, 0.5) is 0 Å². The van der Waals surface area contributed by atoms with Crippen molar-refractivity contribution < 1.29 is 14.3 Å². The van der Waals surface area contributed by atoms with Crippen molar-refractivity contribution in [1.82, 2.24) is 10.2 Å². The lowest BCUT2D eigenvalue weighted by Crippen LogP contribution is -2.49. The average molecular weight is 309 g/mol. The summed E-state index contributed by atoms with van der Waals surface area (Å²) in [4.78, 5) is 25.4. The zero-order chi connectivity index (χ0) is 14.8. The summed E-state index contributed by atoms with van der Waals surface area (Å²) in [5, 5.41) is 3.40. The fourth-order valence-electron chi connectivity index (χ4n) is 2.75. The van der Waals surface area contributed by atoms with Gasteiger partial charge in [-0.15, -0.1) is 0 Å². The van der Waals surface area contributed by atoms with E-state index in [4.69, 9.17) is 16.3 Å². The molecule has 112 valence electrons. The Morgan fingerprint density at radius 3 is 2.76 bits per heavy atom. The molecule has 5 nitrogen and oxygen atoms in total. The van der Waals surface area contributed by atoms with Gasteiger partial charge in [-0.2, -0.15) is 0 Å². The van der Waals surface area contributed by atoms with Crippen LogP contribution in [0, 0.1) is 0 Å². The van der Waals surface area contributed by atoms with Gasteiger partial charge in [0.1, 0.15) is 12.1 Å². The number of nitrogens with one attached hydrogen (secondary N) is 1. The van der Waals surface area contributed by atoms with E-state index in [1.54, 1.807) is 4.90 Å². The lowest BCUT2D eigenvalue weighted by atomic mass is 10.1. The normalized spacial score (nSPS) is 25.8. The van der Waals surface area contributed by atoms with Crippen molar-refractivity contribution in [3.8, 4) is 0 Å². The molecule has 3 rings (SSSR count). The van der Waals surface area contributed by atoms with Crippen LogP contribution in [0.2, 0.25) is 5.02 Å². The van der Waals surface area contributed by atoms with Gasteiger partial charge in [0, 0.05) is 18.0 Å². The second-order valence-electron chi connectivity index (χ2n) is 5.35. The highest BCUT2D eigenvalue weighted by Gasteiger charge is 2.33. The molecule has 6 heteroatoms. The Hall–Kier alpha value is -1.59. The molecule has 0 aliphatic carbocycles. The third-order valence-corrected chi connectivity index (χ3v) is 4.17. The predicted molar refractivity (Wildman–Crippen MR) is 77.9 cm³/mol. The van der Waals surface area contributed by atoms with Gasteiger partial charge in [-0.1, -0.05) is 23.7 Å². The number of morpholine rings is 1. The fraction of sp³-hybridized carbons (Fsp3) is 0.467. The molecule has 2 aliphatic rings. The largest absolute Gasteiger partial charge is 0.370 e. The quantitative estimate of drug-likeness (QED) is 0.901. The monoisotopic (exact) mass is 308 g/mol. The maximum absolute atomic E-state index is 12.4. The maximum atomic E-state index is 12.4. The Bertz CT molecular complexity index is 546. The highest BCUT2D eigenvalue weighted by atomic mass is 35.5. The molecule has 2 amide bonds. The fourth-order valence-corrected chi connectivity index (χ4v) is 2.87. The lowest BCUT2D eigenvalue weighted by Gasteiger charge is -2.34. The van der Waals surface area contributed by atoms with Crippen LogP contribution in [0.15, 0.2) is 24.3 Å². The molecule has 0 spiro atoms. The van der Waals surface area contributed by atoms with E-state index in [1.807, 2.05) is 24.3 Å². The number of amides is 2. The minimum Gasteiger partial charge on any atom is -0.370 e. The molecule has 2 unspecified atom stereocenters. The van der Waals surface area contributed by atoms with Gasteiger partial charge in [0.15, 0.2) is 0 Å². The summed E-state index contributed by atoms with van der Waals surface area (Å²) in [5.41, 5.74) is 1.01. The summed E-state index contributed by atoms with van der Waals surface area (Å²) in [6.45, 7) is 1.57. The highest BCUT2D eigenvalue weighted by Crippen LogP contribution is 2.24. The van der Waals surface area contributed by atoms with Crippen molar-refractivity contribution in [3.05, 3.63) is 34.9 Å². The molecular weight excluding hydrogens is 292 g/mol. The Morgan fingerprint density at radius 1 is 1.33 bits per heavy atom. The predicted octanol–water partition coefficient (Wildman–Crippen LogP) is 1.52. The number of ether oxygens (including phenoxy) is 1. The van der Waals surface area contributed by atoms with Crippen LogP contribution >= 0.6 is 11.6 Å². The summed E-state index contributed by atoms with van der Waals surface area (Å²) < 4.78 is 5.74. The van der Waals surface area contributed by atoms with Gasteiger partial charge in [0.05, 0.1) is 13.2 Å². The summed E-state index contributed by atoms with van der Waals surface area (Å²) in [7, 11) is 0. The van der Waals surface area contributed by atoms with Gasteiger partial charge in [-0.3, -0.25) is 9.59 Å². The first-order valence-electron chi connectivity index (χ1n) is 7.09. The van der Waals surface area contributed by atoms with E-state index in [2.05, 4.69) is 5.32 Å². The first-order chi connectivity index (χ1) is 10.1. The van der Waals surface area contributed by atoms with E-state index >= 15 is 0 Å². The molecule has 0 bridgehead atoms. The standard InChI is InChI=1S/C15H17ClN2O3/c16-11-3-1-10(2-4-11)13-9-18(7-8-21-13)15(20)12-5-6-14(19)17-12/h1-4,12-13H,5-9H2,(H,17,19). The Morgan fingerprint density at radius 2 is 2.10 bits per heavy atom. The van der Waals surface area contributed by atoms with E-state index in [1.165, 1.54) is 0 Å². The molecule has 1 aromatic carbocycles. The number of hydrogen-bond donors (Lipinski definition) is 1. The molecule has 0 saturated carbocycles. The number of hydrogen-bond acceptors (Lipinski definition) is 3. The molecule has 2 fully saturated rings. The van der Waals surface area contributed by atoms with Crippen LogP contribution in [0.3, 0.4) is 0 Å². The van der Waals surface area contributed by atoms with Crippen molar-refractivity contribution in [2.24, 2.45) is 0 Å². The van der Waals surface area contributed by atoms with Gasteiger partial charge in [-0.25, -0.2) is 0 Å². The Labute approximate surface area is 128 Å². The second kappa shape index (κ2) is 6.03. The van der Waals surface area contributed by atoms with Gasteiger partial charge < -0.3 is 15.0 Å². The van der Waals surface area contributed by atoms with Crippen LogP contribution in [0.25, 0.3) is 0 Å². The van der Waals surface area contributed by atoms with Crippen LogP contribution in [-0.2, 0) is 14.3 Å². The summed E-state index contributed by atoms with van der Waals surface area (Å²) in [5.74, 6) is -0.0565. The third-order valence-electron chi connectivity index (χ3n) is 3.91. The van der Waals surface area contributed by atoms with Crippen molar-refractivity contribution in [3.63, 3.8) is 0 Å². The summed E-state index contributed by atoms with van der Waals surface area (Å²) in [6.07, 6.45) is 0.874. The lowest BCUT2D eigenvalue weighted by molar-refractivity contribution is -0.141. The van der Waals surface area contributed by atoms with E-state index in [0.717, 1.165) is 5.56 Å². The number of halogens is 1. The first kappa shape index (κ1) is 14.4. The Balaban J connectivity index is 1.66. The molecule has 2 saturated heterocycles. The van der Waals surface area contributed by atoms with E-state index in [-0.39, 0.29) is 24.0 Å². The van der Waals surface area contributed by atoms with Gasteiger partial charge in [0.2, 0.25) is 11.8 Å². The molecule has 2 heterocycles. The Kier molecular flexibility index (Phi) is 4.12. The van der Waals surface area contributed by atoms with Gasteiger partial charge >= 0.3 is 0 Å². The molecule has 1 N–H and O–H groups in total. The van der Waals surface area contributed by atoms with Gasteiger partial charge in [0.25, 0.3) is 0 Å². The zero-order valence-corrected chi connectivity index (χ0v) is 12.3. The molecule has 2 atom stereocenters. The minimum absolute atomic E-state index is 0.0110. The van der Waals surface area contributed by atoms with E-state index < -0.39 is 0 Å². The number of carbonyl (C=O) groups excluding carboxylic acids is 2. The van der Waals surface area contributed by atoms with E-state index in [9.17, 15) is 9.59 Å². The van der Waals surface area contributed by atoms with Crippen molar-refractivity contribution in [1.29, 1.82) is 0 Å². The van der Waals surface area contributed by atoms with Crippen LogP contribution in [-0.4, -0.2) is 42.5 Å². The van der Waals surface area contributed by atoms with Crippen molar-refractivity contribution >= 4 is 23.4 Å². The smallest absolute Gasteiger partial charge is 0.245 e. The number of nitrogens with zero attached hydrogens (tertiary/aromatic N) is 1. The first-order valence-corrected chi connectivity index (χ1v) is 7.46. The SMILES string of the molecule is O=C1CCC(C(=O)N2CCOC(c3ccc(Cl)cc3)C2)N1. The number of benzene rings is 1. The molecule has 1 aromatic rings. The number of carbonyl (C=O) groups is 2. The second-order valence-corrected chi connectivity index (χ2v) is 5.79. The summed E-state index contributed by atoms with van der Waals surface area (Å²) in [6, 6.07) is 7.09. The average Bonchev–Trinajstić information content (AvgIpc) is 2.94. The molecule has 2 aliphatic heterocycles. The van der Waals surface area contributed by atoms with E-state index in [0.29, 0.717) is 37.6 Å². The summed E-state index contributed by atoms with van der Waals surface area (Å²) >= 11 is 5.88. The maximum Gasteiger partial charge on any atom is 0.245 e. The third kappa shape index (κ3) is 3.19. The minimum atomic E-state index is -0.374. The van der Waals surface area contributed by atoms with Crippen LogP contribution in [0.1, 0.15) is 24.5 Å². The zero-order valence-electron chi connectivity index (χ0n) is 11.5. The number of rotatable bonds is 2. The van der Waals surface area contributed by atoms with Crippen LogP contribution < -0.4 is 5.32 Å². The highest BCUT2D eigenvalue weighted by molar-refractivity contribution is 6.30. The molecule has 0 aromatic heterocycles.